The maximum atomic E-state index is 13.2. The Morgan fingerprint density at radius 3 is 2.27 bits per heavy atom. The van der Waals surface area contributed by atoms with Gasteiger partial charge in [0.25, 0.3) is 11.6 Å². The van der Waals surface area contributed by atoms with E-state index in [1.165, 1.54) is 42.6 Å². The molecular formula is C23H22N4O5S. The molecule has 3 aromatic rings. The molecule has 0 radical (unpaired) electrons. The number of hydrazone groups is 1. The largest absolute Gasteiger partial charge is 0.272 e. The van der Waals surface area contributed by atoms with E-state index in [9.17, 15) is 23.3 Å². The normalized spacial score (nSPS) is 11.6. The first-order valence-electron chi connectivity index (χ1n) is 9.93. The van der Waals surface area contributed by atoms with Crippen LogP contribution in [0.25, 0.3) is 0 Å². The predicted molar refractivity (Wildman–Crippen MR) is 124 cm³/mol. The summed E-state index contributed by atoms with van der Waals surface area (Å²) in [5, 5.41) is 14.5. The van der Waals surface area contributed by atoms with Crippen LogP contribution >= 0.6 is 0 Å². The molecule has 33 heavy (non-hydrogen) atoms. The average molecular weight is 467 g/mol. The monoisotopic (exact) mass is 466 g/mol. The van der Waals surface area contributed by atoms with E-state index in [4.69, 9.17) is 0 Å². The van der Waals surface area contributed by atoms with E-state index in [-0.39, 0.29) is 17.1 Å². The van der Waals surface area contributed by atoms with Gasteiger partial charge >= 0.3 is 0 Å². The van der Waals surface area contributed by atoms with Crippen LogP contribution < -0.4 is 5.43 Å². The van der Waals surface area contributed by atoms with Gasteiger partial charge in [-0.1, -0.05) is 48.0 Å². The molecule has 3 rings (SSSR count). The van der Waals surface area contributed by atoms with Crippen LogP contribution in [0.1, 0.15) is 16.7 Å². The highest BCUT2D eigenvalue weighted by atomic mass is 32.2. The molecule has 0 saturated carbocycles. The minimum absolute atomic E-state index is 0.0105. The fourth-order valence-corrected chi connectivity index (χ4v) is 4.31. The first kappa shape index (κ1) is 23.8. The second kappa shape index (κ2) is 10.6. The molecule has 1 N–H and O–H groups in total. The third-order valence-electron chi connectivity index (χ3n) is 4.69. The summed E-state index contributed by atoms with van der Waals surface area (Å²) in [7, 11) is -3.94. The van der Waals surface area contributed by atoms with Crippen molar-refractivity contribution < 1.29 is 18.1 Å². The molecule has 170 valence electrons. The number of nitro groups is 1. The van der Waals surface area contributed by atoms with E-state index in [1.807, 2.05) is 13.0 Å². The molecule has 0 bridgehead atoms. The highest BCUT2D eigenvalue weighted by Crippen LogP contribution is 2.19. The Hall–Kier alpha value is -3.89. The van der Waals surface area contributed by atoms with Gasteiger partial charge in [0, 0.05) is 18.7 Å². The molecule has 0 saturated heterocycles. The van der Waals surface area contributed by atoms with Crippen LogP contribution in [-0.4, -0.2) is 36.3 Å². The molecule has 0 aliphatic heterocycles. The summed E-state index contributed by atoms with van der Waals surface area (Å²) in [6, 6.07) is 21.0. The molecule has 0 heterocycles. The summed E-state index contributed by atoms with van der Waals surface area (Å²) in [5.41, 5.74) is 4.43. The Morgan fingerprint density at radius 1 is 1.03 bits per heavy atom. The van der Waals surface area contributed by atoms with Gasteiger partial charge < -0.3 is 0 Å². The van der Waals surface area contributed by atoms with E-state index in [0.717, 1.165) is 15.4 Å². The summed E-state index contributed by atoms with van der Waals surface area (Å²) in [4.78, 5) is 22.8. The van der Waals surface area contributed by atoms with E-state index >= 15 is 0 Å². The summed E-state index contributed by atoms with van der Waals surface area (Å²) < 4.78 is 27.5. The van der Waals surface area contributed by atoms with Crippen molar-refractivity contribution in [1.29, 1.82) is 0 Å². The molecule has 0 unspecified atom stereocenters. The third-order valence-corrected chi connectivity index (χ3v) is 6.49. The van der Waals surface area contributed by atoms with Gasteiger partial charge in [0.15, 0.2) is 0 Å². The van der Waals surface area contributed by atoms with E-state index in [0.29, 0.717) is 5.56 Å². The fourth-order valence-electron chi connectivity index (χ4n) is 2.93. The van der Waals surface area contributed by atoms with Gasteiger partial charge in [0.05, 0.1) is 22.6 Å². The molecule has 0 atom stereocenters. The minimum Gasteiger partial charge on any atom is -0.272 e. The zero-order valence-electron chi connectivity index (χ0n) is 17.8. The SMILES string of the molecule is Cc1ccc(S(=O)(=O)N(CC(=O)N/N=C\c2ccc([N+](=O)[O-])cc2)Cc2ccccc2)cc1. The lowest BCUT2D eigenvalue weighted by molar-refractivity contribution is -0.384. The first-order chi connectivity index (χ1) is 15.8. The molecule has 3 aromatic carbocycles. The summed E-state index contributed by atoms with van der Waals surface area (Å²) >= 11 is 0. The Morgan fingerprint density at radius 2 is 1.67 bits per heavy atom. The number of rotatable bonds is 9. The molecule has 0 aromatic heterocycles. The van der Waals surface area contributed by atoms with Crippen LogP contribution in [0.3, 0.4) is 0 Å². The summed E-state index contributed by atoms with van der Waals surface area (Å²) in [6.07, 6.45) is 1.32. The Kier molecular flexibility index (Phi) is 7.65. The topological polar surface area (TPSA) is 122 Å². The lowest BCUT2D eigenvalue weighted by atomic mass is 10.2. The number of aryl methyl sites for hydroxylation is 1. The molecule has 0 spiro atoms. The summed E-state index contributed by atoms with van der Waals surface area (Å²) in [5.74, 6) is -0.625. The number of nitrogens with one attached hydrogen (secondary N) is 1. The lowest BCUT2D eigenvalue weighted by Crippen LogP contribution is -2.39. The van der Waals surface area contributed by atoms with Crippen molar-refractivity contribution in [2.45, 2.75) is 18.4 Å². The number of amides is 1. The quantitative estimate of drug-likeness (QED) is 0.295. The third kappa shape index (κ3) is 6.55. The number of sulfonamides is 1. The van der Waals surface area contributed by atoms with Crippen LogP contribution in [0, 0.1) is 17.0 Å². The molecule has 9 nitrogen and oxygen atoms in total. The maximum Gasteiger partial charge on any atom is 0.269 e. The van der Waals surface area contributed by atoms with Gasteiger partial charge in [-0.2, -0.15) is 9.41 Å². The van der Waals surface area contributed by atoms with Crippen LogP contribution in [-0.2, 0) is 21.4 Å². The number of carbonyl (C=O) groups is 1. The van der Waals surface area contributed by atoms with Crippen LogP contribution in [0.2, 0.25) is 0 Å². The Bertz CT molecular complexity index is 1240. The van der Waals surface area contributed by atoms with Crippen LogP contribution in [0.4, 0.5) is 5.69 Å². The second-order valence-electron chi connectivity index (χ2n) is 7.21. The van der Waals surface area contributed by atoms with Crippen molar-refractivity contribution in [2.75, 3.05) is 6.54 Å². The highest BCUT2D eigenvalue weighted by Gasteiger charge is 2.26. The van der Waals surface area contributed by atoms with E-state index < -0.39 is 27.4 Å². The van der Waals surface area contributed by atoms with Crippen molar-refractivity contribution in [3.05, 3.63) is 106 Å². The molecule has 10 heteroatoms. The lowest BCUT2D eigenvalue weighted by Gasteiger charge is -2.21. The second-order valence-corrected chi connectivity index (χ2v) is 9.15. The Balaban J connectivity index is 1.74. The van der Waals surface area contributed by atoms with Gasteiger partial charge in [-0.15, -0.1) is 0 Å². The highest BCUT2D eigenvalue weighted by molar-refractivity contribution is 7.89. The smallest absolute Gasteiger partial charge is 0.269 e. The van der Waals surface area contributed by atoms with Gasteiger partial charge in [-0.3, -0.25) is 14.9 Å². The minimum atomic E-state index is -3.94. The standard InChI is InChI=1S/C23H22N4O5S/c1-18-7-13-22(14-8-18)33(31,32)26(16-20-5-3-2-4-6-20)17-23(28)25-24-15-19-9-11-21(12-10-19)27(29)30/h2-15H,16-17H2,1H3,(H,25,28)/b24-15-. The Labute approximate surface area is 191 Å². The predicted octanol–water partition coefficient (Wildman–Crippen LogP) is 3.24. The molecule has 0 fully saturated rings. The van der Waals surface area contributed by atoms with Gasteiger partial charge in [-0.25, -0.2) is 13.8 Å². The van der Waals surface area contributed by atoms with Crippen molar-refractivity contribution in [1.82, 2.24) is 9.73 Å². The number of nitro benzene ring substituents is 1. The van der Waals surface area contributed by atoms with Gasteiger partial charge in [-0.05, 0) is 42.3 Å². The maximum absolute atomic E-state index is 13.2. The van der Waals surface area contributed by atoms with E-state index in [2.05, 4.69) is 10.5 Å². The van der Waals surface area contributed by atoms with Crippen molar-refractivity contribution >= 4 is 27.8 Å². The van der Waals surface area contributed by atoms with Gasteiger partial charge in [0.2, 0.25) is 10.0 Å². The van der Waals surface area contributed by atoms with Crippen molar-refractivity contribution in [3.8, 4) is 0 Å². The molecule has 0 aliphatic rings. The zero-order chi connectivity index (χ0) is 23.8. The number of hydrogen-bond donors (Lipinski definition) is 1. The number of carbonyl (C=O) groups excluding carboxylic acids is 1. The number of hydrogen-bond acceptors (Lipinski definition) is 6. The molecule has 0 aliphatic carbocycles. The molecular weight excluding hydrogens is 444 g/mol. The van der Waals surface area contributed by atoms with E-state index in [1.54, 1.807) is 36.4 Å². The average Bonchev–Trinajstić information content (AvgIpc) is 2.80. The first-order valence-corrected chi connectivity index (χ1v) is 11.4. The number of non-ortho nitro benzene ring substituents is 1. The van der Waals surface area contributed by atoms with Crippen molar-refractivity contribution in [2.24, 2.45) is 5.10 Å². The van der Waals surface area contributed by atoms with Crippen molar-refractivity contribution in [3.63, 3.8) is 0 Å². The van der Waals surface area contributed by atoms with Crippen LogP contribution in [0.5, 0.6) is 0 Å². The van der Waals surface area contributed by atoms with Crippen LogP contribution in [0.15, 0.2) is 88.9 Å². The fraction of sp³-hybridized carbons (Fsp3) is 0.130. The number of nitrogens with zero attached hydrogens (tertiary/aromatic N) is 3. The molecule has 1 amide bonds. The number of benzene rings is 3. The van der Waals surface area contributed by atoms with Gasteiger partial charge in [0.1, 0.15) is 0 Å². The summed E-state index contributed by atoms with van der Waals surface area (Å²) in [6.45, 7) is 1.42. The zero-order valence-corrected chi connectivity index (χ0v) is 18.6.